The molecule has 73 valence electrons. The van der Waals surface area contributed by atoms with E-state index in [2.05, 4.69) is 0 Å². The summed E-state index contributed by atoms with van der Waals surface area (Å²) in [4.78, 5) is 21.5. The molecular weight excluding hydrogens is 199 g/mol. The molecule has 0 amide bonds. The van der Waals surface area contributed by atoms with Gasteiger partial charge in [-0.05, 0) is 12.8 Å². The fraction of sp³-hybridized carbons (Fsp3) is 0.750. The van der Waals surface area contributed by atoms with Crippen LogP contribution >= 0.6 is 0 Å². The monoisotopic (exact) mass is 209 g/mol. The molecule has 0 spiro atoms. The first kappa shape index (κ1) is 12.0. The van der Waals surface area contributed by atoms with Crippen LogP contribution in [-0.2, 0) is 14.3 Å². The van der Waals surface area contributed by atoms with Crippen molar-refractivity contribution in [3.8, 4) is 0 Å². The Labute approximate surface area is 103 Å². The van der Waals surface area contributed by atoms with Gasteiger partial charge in [-0.25, -0.2) is 0 Å². The molecule has 2 N–H and O–H groups in total. The quantitative estimate of drug-likeness (QED) is 0.603. The van der Waals surface area contributed by atoms with Crippen LogP contribution in [0.4, 0.5) is 0 Å². The summed E-state index contributed by atoms with van der Waals surface area (Å²) in [5, 5.41) is 17.6. The van der Waals surface area contributed by atoms with Gasteiger partial charge in [-0.2, -0.15) is 0 Å². The largest absolute Gasteiger partial charge is 0.481 e. The molecule has 4 unspecified atom stereocenters. The third-order valence-electron chi connectivity index (χ3n) is 2.84. The van der Waals surface area contributed by atoms with E-state index in [-0.39, 0.29) is 41.8 Å². The molecule has 2 aliphatic rings. The van der Waals surface area contributed by atoms with Crippen molar-refractivity contribution in [3.63, 3.8) is 0 Å². The fourth-order valence-corrected chi connectivity index (χ4v) is 2.31. The van der Waals surface area contributed by atoms with E-state index in [4.69, 9.17) is 14.9 Å². The Kier molecular flexibility index (Phi) is 3.58. The fourth-order valence-electron chi connectivity index (χ4n) is 2.31. The Balaban J connectivity index is 0.000000980. The van der Waals surface area contributed by atoms with Crippen molar-refractivity contribution in [3.05, 3.63) is 0 Å². The molecule has 0 aliphatic carbocycles. The van der Waals surface area contributed by atoms with Gasteiger partial charge in [-0.15, -0.1) is 0 Å². The van der Waals surface area contributed by atoms with Crippen LogP contribution in [0.2, 0.25) is 0 Å². The number of fused-ring (bicyclic) bond motifs is 2. The summed E-state index contributed by atoms with van der Waals surface area (Å²) >= 11 is 0. The molecule has 1 radical (unpaired) electrons. The van der Waals surface area contributed by atoms with Gasteiger partial charge < -0.3 is 14.9 Å². The summed E-state index contributed by atoms with van der Waals surface area (Å²) in [6.45, 7) is 0. The van der Waals surface area contributed by atoms with Gasteiger partial charge in [-0.1, -0.05) is 0 Å². The first-order valence-corrected chi connectivity index (χ1v) is 4.22. The Morgan fingerprint density at radius 1 is 1.00 bits per heavy atom. The van der Waals surface area contributed by atoms with Crippen molar-refractivity contribution in [1.29, 1.82) is 0 Å². The second kappa shape index (κ2) is 4.18. The number of carboxylic acid groups (broad SMARTS) is 2. The number of ether oxygens (including phenoxy) is 1. The standard InChI is InChI=1S/C8H10O5.Na/c9-7(10)5-3-1-2-4(13-3)6(5)8(11)12;/h3-6H,1-2H2,(H,9,10)(H,11,12);. The van der Waals surface area contributed by atoms with Crippen molar-refractivity contribution in [2.45, 2.75) is 25.0 Å². The predicted octanol–water partition coefficient (Wildman–Crippen LogP) is -0.432. The topological polar surface area (TPSA) is 83.8 Å². The minimum Gasteiger partial charge on any atom is -0.481 e. The van der Waals surface area contributed by atoms with Gasteiger partial charge in [0.15, 0.2) is 0 Å². The second-order valence-electron chi connectivity index (χ2n) is 3.52. The average molecular weight is 209 g/mol. The van der Waals surface area contributed by atoms with Crippen LogP contribution in [-0.4, -0.2) is 63.9 Å². The van der Waals surface area contributed by atoms with Crippen LogP contribution in [0.5, 0.6) is 0 Å². The summed E-state index contributed by atoms with van der Waals surface area (Å²) in [7, 11) is 0. The average Bonchev–Trinajstić information content (AvgIpc) is 2.60. The third-order valence-corrected chi connectivity index (χ3v) is 2.84. The van der Waals surface area contributed by atoms with Gasteiger partial charge in [0.1, 0.15) is 0 Å². The molecule has 2 fully saturated rings. The van der Waals surface area contributed by atoms with Gasteiger partial charge in [0, 0.05) is 29.6 Å². The van der Waals surface area contributed by atoms with Gasteiger partial charge in [0.2, 0.25) is 0 Å². The third kappa shape index (κ3) is 1.69. The zero-order valence-electron chi connectivity index (χ0n) is 7.84. The first-order chi connectivity index (χ1) is 6.11. The molecule has 2 saturated heterocycles. The smallest absolute Gasteiger partial charge is 0.310 e. The molecule has 2 bridgehead atoms. The van der Waals surface area contributed by atoms with Gasteiger partial charge in [0.05, 0.1) is 24.0 Å². The molecule has 0 saturated carbocycles. The van der Waals surface area contributed by atoms with Crippen LogP contribution < -0.4 is 0 Å². The number of hydrogen-bond donors (Lipinski definition) is 2. The summed E-state index contributed by atoms with van der Waals surface area (Å²) < 4.78 is 5.26. The number of carboxylic acids is 2. The van der Waals surface area contributed by atoms with Crippen molar-refractivity contribution in [2.75, 3.05) is 0 Å². The molecule has 2 rings (SSSR count). The van der Waals surface area contributed by atoms with Crippen LogP contribution in [0.3, 0.4) is 0 Å². The van der Waals surface area contributed by atoms with Crippen molar-refractivity contribution in [2.24, 2.45) is 11.8 Å². The van der Waals surface area contributed by atoms with Crippen LogP contribution in [0.25, 0.3) is 0 Å². The molecule has 2 heterocycles. The molecule has 2 aliphatic heterocycles. The van der Waals surface area contributed by atoms with Crippen LogP contribution in [0.1, 0.15) is 12.8 Å². The van der Waals surface area contributed by atoms with Crippen LogP contribution in [0, 0.1) is 11.8 Å². The maximum absolute atomic E-state index is 10.8. The number of aliphatic carboxylic acids is 2. The summed E-state index contributed by atoms with van der Waals surface area (Å²) in [6, 6.07) is 0. The Bertz CT molecular complexity index is 240. The van der Waals surface area contributed by atoms with E-state index >= 15 is 0 Å². The summed E-state index contributed by atoms with van der Waals surface area (Å²) in [5.41, 5.74) is 0. The zero-order valence-corrected chi connectivity index (χ0v) is 9.84. The normalized spacial score (nSPS) is 39.1. The van der Waals surface area contributed by atoms with Gasteiger partial charge in [0.25, 0.3) is 0 Å². The molecule has 0 aromatic heterocycles. The molecule has 6 heteroatoms. The van der Waals surface area contributed by atoms with E-state index in [0.29, 0.717) is 12.8 Å². The minimum atomic E-state index is -1.06. The number of rotatable bonds is 2. The Morgan fingerprint density at radius 2 is 1.36 bits per heavy atom. The van der Waals surface area contributed by atoms with E-state index in [1.165, 1.54) is 0 Å². The molecule has 0 aromatic rings. The van der Waals surface area contributed by atoms with E-state index in [1.54, 1.807) is 0 Å². The maximum Gasteiger partial charge on any atom is 0.310 e. The van der Waals surface area contributed by atoms with Gasteiger partial charge in [-0.3, -0.25) is 9.59 Å². The zero-order chi connectivity index (χ0) is 9.59. The summed E-state index contributed by atoms with van der Waals surface area (Å²) in [5.74, 6) is -3.81. The molecule has 5 nitrogen and oxygen atoms in total. The maximum atomic E-state index is 10.8. The number of hydrogen-bond acceptors (Lipinski definition) is 3. The van der Waals surface area contributed by atoms with Crippen LogP contribution in [0.15, 0.2) is 0 Å². The van der Waals surface area contributed by atoms with E-state index in [9.17, 15) is 9.59 Å². The predicted molar refractivity (Wildman–Crippen MR) is 45.9 cm³/mol. The van der Waals surface area contributed by atoms with Crippen molar-refractivity contribution in [1.82, 2.24) is 0 Å². The molecule has 4 atom stereocenters. The van der Waals surface area contributed by atoms with Crippen molar-refractivity contribution >= 4 is 41.5 Å². The summed E-state index contributed by atoms with van der Waals surface area (Å²) in [6.07, 6.45) is 0.573. The molecular formula is C8H10NaO5. The second-order valence-corrected chi connectivity index (χ2v) is 3.52. The Morgan fingerprint density at radius 3 is 1.64 bits per heavy atom. The van der Waals surface area contributed by atoms with E-state index < -0.39 is 23.8 Å². The van der Waals surface area contributed by atoms with Gasteiger partial charge >= 0.3 is 11.9 Å². The SMILES string of the molecule is O=C(O)C1C2CCC(O2)C1C(=O)O.[Na]. The number of carbonyl (C=O) groups is 2. The van der Waals surface area contributed by atoms with E-state index in [0.717, 1.165) is 0 Å². The van der Waals surface area contributed by atoms with Crippen molar-refractivity contribution < 1.29 is 24.5 Å². The molecule has 0 aromatic carbocycles. The minimum absolute atomic E-state index is 0. The molecule has 14 heavy (non-hydrogen) atoms. The van der Waals surface area contributed by atoms with E-state index in [1.807, 2.05) is 0 Å². The Hall–Kier alpha value is -0.100. The first-order valence-electron chi connectivity index (χ1n) is 4.22.